The molecule has 0 saturated heterocycles. The van der Waals surface area contributed by atoms with Gasteiger partial charge in [-0.2, -0.15) is 0 Å². The Labute approximate surface area is 129 Å². The van der Waals surface area contributed by atoms with Crippen LogP contribution in [0.4, 0.5) is 0 Å². The molecule has 0 aromatic carbocycles. The van der Waals surface area contributed by atoms with E-state index < -0.39 is 0 Å². The third-order valence-electron chi connectivity index (χ3n) is 8.59. The van der Waals surface area contributed by atoms with Crippen molar-refractivity contribution in [2.75, 3.05) is 0 Å². The molecule has 0 spiro atoms. The van der Waals surface area contributed by atoms with E-state index in [4.69, 9.17) is 0 Å². The van der Waals surface area contributed by atoms with Gasteiger partial charge in [-0.3, -0.25) is 0 Å². The fraction of sp³-hybridized carbons (Fsp3) is 1.00. The summed E-state index contributed by atoms with van der Waals surface area (Å²) in [4.78, 5) is 0. The van der Waals surface area contributed by atoms with Gasteiger partial charge in [-0.15, -0.1) is 0 Å². The van der Waals surface area contributed by atoms with Crippen LogP contribution in [0.2, 0.25) is 0 Å². The molecule has 4 saturated carbocycles. The predicted molar refractivity (Wildman–Crippen MR) is 83.7 cm³/mol. The quantitative estimate of drug-likeness (QED) is 0.714. The molecule has 2 unspecified atom stereocenters. The van der Waals surface area contributed by atoms with Gasteiger partial charge in [0.1, 0.15) is 0 Å². The Hall–Kier alpha value is -0.0800. The fourth-order valence-electron chi connectivity index (χ4n) is 7.21. The van der Waals surface area contributed by atoms with Crippen molar-refractivity contribution in [1.82, 2.24) is 0 Å². The largest absolute Gasteiger partial charge is 0.393 e. The van der Waals surface area contributed by atoms with Crippen LogP contribution < -0.4 is 0 Å². The van der Waals surface area contributed by atoms with Gasteiger partial charge in [-0.05, 0) is 92.3 Å². The monoisotopic (exact) mass is 292 g/mol. The highest BCUT2D eigenvalue weighted by Crippen LogP contribution is 2.66. The van der Waals surface area contributed by atoms with Crippen LogP contribution in [-0.2, 0) is 0 Å². The first-order chi connectivity index (χ1) is 9.95. The Morgan fingerprint density at radius 3 is 2.29 bits per heavy atom. The summed E-state index contributed by atoms with van der Waals surface area (Å²) in [6.45, 7) is 4.90. The summed E-state index contributed by atoms with van der Waals surface area (Å²) in [5.41, 5.74) is 0.676. The molecular formula is C19H32O2. The molecule has 4 aliphatic rings. The van der Waals surface area contributed by atoms with Crippen molar-refractivity contribution in [3.63, 3.8) is 0 Å². The number of fused-ring (bicyclic) bond motifs is 5. The molecular weight excluding hydrogens is 260 g/mol. The van der Waals surface area contributed by atoms with Gasteiger partial charge in [0.25, 0.3) is 0 Å². The first-order valence-corrected chi connectivity index (χ1v) is 9.31. The third kappa shape index (κ3) is 1.91. The second-order valence-corrected chi connectivity index (χ2v) is 9.22. The molecule has 0 aromatic heterocycles. The summed E-state index contributed by atoms with van der Waals surface area (Å²) in [6, 6.07) is 0. The minimum Gasteiger partial charge on any atom is -0.393 e. The van der Waals surface area contributed by atoms with Crippen molar-refractivity contribution in [2.24, 2.45) is 34.5 Å². The second-order valence-electron chi connectivity index (χ2n) is 9.22. The zero-order valence-electron chi connectivity index (χ0n) is 13.7. The summed E-state index contributed by atoms with van der Waals surface area (Å²) in [5, 5.41) is 20.5. The second kappa shape index (κ2) is 4.71. The Balaban J connectivity index is 1.62. The molecule has 2 nitrogen and oxygen atoms in total. The topological polar surface area (TPSA) is 40.5 Å². The van der Waals surface area contributed by atoms with E-state index in [0.717, 1.165) is 42.9 Å². The molecule has 21 heavy (non-hydrogen) atoms. The molecule has 0 radical (unpaired) electrons. The molecule has 8 atom stereocenters. The van der Waals surface area contributed by atoms with Gasteiger partial charge in [0, 0.05) is 0 Å². The lowest BCUT2D eigenvalue weighted by Crippen LogP contribution is -2.54. The van der Waals surface area contributed by atoms with E-state index in [1.165, 1.54) is 38.5 Å². The van der Waals surface area contributed by atoms with Gasteiger partial charge in [-0.1, -0.05) is 13.8 Å². The lowest BCUT2D eigenvalue weighted by atomic mass is 9.45. The van der Waals surface area contributed by atoms with Crippen LogP contribution >= 0.6 is 0 Å². The van der Waals surface area contributed by atoms with Crippen LogP contribution in [0.5, 0.6) is 0 Å². The van der Waals surface area contributed by atoms with E-state index in [9.17, 15) is 10.2 Å². The zero-order chi connectivity index (χ0) is 14.8. The zero-order valence-corrected chi connectivity index (χ0v) is 13.7. The smallest absolute Gasteiger partial charge is 0.0596 e. The van der Waals surface area contributed by atoms with Crippen molar-refractivity contribution in [3.8, 4) is 0 Å². The van der Waals surface area contributed by atoms with Crippen LogP contribution in [0, 0.1) is 34.5 Å². The van der Waals surface area contributed by atoms with E-state index in [0.29, 0.717) is 5.41 Å². The first-order valence-electron chi connectivity index (χ1n) is 9.31. The molecule has 0 heterocycles. The number of rotatable bonds is 0. The van der Waals surface area contributed by atoms with Crippen LogP contribution in [0.15, 0.2) is 0 Å². The molecule has 4 aliphatic carbocycles. The van der Waals surface area contributed by atoms with Gasteiger partial charge in [0.2, 0.25) is 0 Å². The predicted octanol–water partition coefficient (Wildman–Crippen LogP) is 3.75. The molecule has 4 fully saturated rings. The van der Waals surface area contributed by atoms with Crippen molar-refractivity contribution >= 4 is 0 Å². The maximum atomic E-state index is 10.5. The highest BCUT2D eigenvalue weighted by Gasteiger charge is 2.59. The number of aliphatic hydroxyl groups is 2. The van der Waals surface area contributed by atoms with Gasteiger partial charge < -0.3 is 10.2 Å². The molecule has 2 heteroatoms. The highest BCUT2D eigenvalue weighted by molar-refractivity contribution is 5.09. The van der Waals surface area contributed by atoms with E-state index >= 15 is 0 Å². The van der Waals surface area contributed by atoms with Crippen LogP contribution in [0.25, 0.3) is 0 Å². The van der Waals surface area contributed by atoms with Crippen molar-refractivity contribution in [2.45, 2.75) is 83.8 Å². The van der Waals surface area contributed by atoms with Crippen molar-refractivity contribution in [1.29, 1.82) is 0 Å². The Kier molecular flexibility index (Phi) is 3.25. The summed E-state index contributed by atoms with van der Waals surface area (Å²) in [6.07, 6.45) is 10.7. The summed E-state index contributed by atoms with van der Waals surface area (Å²) in [7, 11) is 0. The maximum Gasteiger partial charge on any atom is 0.0596 e. The highest BCUT2D eigenvalue weighted by atomic mass is 16.3. The summed E-state index contributed by atoms with van der Waals surface area (Å²) < 4.78 is 0. The number of hydrogen-bond acceptors (Lipinski definition) is 2. The first kappa shape index (κ1) is 14.5. The molecule has 0 aliphatic heterocycles. The van der Waals surface area contributed by atoms with Crippen LogP contribution in [0.3, 0.4) is 0 Å². The fourth-order valence-corrected chi connectivity index (χ4v) is 7.21. The summed E-state index contributed by atoms with van der Waals surface area (Å²) in [5.74, 6) is 3.21. The van der Waals surface area contributed by atoms with Crippen LogP contribution in [-0.4, -0.2) is 22.4 Å². The van der Waals surface area contributed by atoms with Crippen LogP contribution in [0.1, 0.15) is 71.6 Å². The standard InChI is InChI=1S/C19H32O2/c1-18-9-7-13(20)11-12(18)3-4-14-15-5-6-17(21)19(15,2)10-8-16(14)18/h12-17,20-21H,3-11H2,1-2H3/t12?,13-,14-,15-,16-,17?,18-,19-/m0/s1. The van der Waals surface area contributed by atoms with E-state index in [-0.39, 0.29) is 17.6 Å². The molecule has 0 bridgehead atoms. The lowest BCUT2D eigenvalue weighted by molar-refractivity contribution is -0.133. The molecule has 4 rings (SSSR count). The average molecular weight is 292 g/mol. The number of aliphatic hydroxyl groups excluding tert-OH is 2. The Bertz CT molecular complexity index is 422. The minimum atomic E-state index is -0.0536. The average Bonchev–Trinajstić information content (AvgIpc) is 2.76. The van der Waals surface area contributed by atoms with Crippen molar-refractivity contribution < 1.29 is 10.2 Å². The normalized spacial score (nSPS) is 60.0. The minimum absolute atomic E-state index is 0.0400. The van der Waals surface area contributed by atoms with Gasteiger partial charge >= 0.3 is 0 Å². The molecule has 0 amide bonds. The van der Waals surface area contributed by atoms with Gasteiger partial charge in [0.15, 0.2) is 0 Å². The Morgan fingerprint density at radius 2 is 1.48 bits per heavy atom. The maximum absolute atomic E-state index is 10.5. The van der Waals surface area contributed by atoms with Gasteiger partial charge in [-0.25, -0.2) is 0 Å². The molecule has 2 N–H and O–H groups in total. The van der Waals surface area contributed by atoms with E-state index in [1.807, 2.05) is 0 Å². The lowest BCUT2D eigenvalue weighted by Gasteiger charge is -2.60. The SMILES string of the molecule is C[C@]12CC[C@H](O)CC1CC[C@@H]1[C@@H]2CC[C@]2(C)C(O)CC[C@@H]12. The summed E-state index contributed by atoms with van der Waals surface area (Å²) >= 11 is 0. The Morgan fingerprint density at radius 1 is 0.762 bits per heavy atom. The van der Waals surface area contributed by atoms with E-state index in [1.54, 1.807) is 0 Å². The third-order valence-corrected chi connectivity index (χ3v) is 8.59. The molecule has 120 valence electrons. The van der Waals surface area contributed by atoms with Crippen molar-refractivity contribution in [3.05, 3.63) is 0 Å². The molecule has 0 aromatic rings. The van der Waals surface area contributed by atoms with E-state index in [2.05, 4.69) is 13.8 Å². The van der Waals surface area contributed by atoms with Gasteiger partial charge in [0.05, 0.1) is 12.2 Å². The number of hydrogen-bond donors (Lipinski definition) is 2.